The summed E-state index contributed by atoms with van der Waals surface area (Å²) in [6.07, 6.45) is 1.51. The maximum absolute atomic E-state index is 13.0. The van der Waals surface area contributed by atoms with E-state index in [1.165, 1.54) is 56.7 Å². The third kappa shape index (κ3) is 6.13. The molecule has 178 valence electrons. The Kier molecular flexibility index (Phi) is 8.25. The second-order valence-corrected chi connectivity index (χ2v) is 7.98. The highest BCUT2D eigenvalue weighted by atomic mass is 32.2. The van der Waals surface area contributed by atoms with Crippen molar-refractivity contribution in [3.63, 3.8) is 0 Å². The molecule has 1 fully saturated rings. The van der Waals surface area contributed by atoms with Gasteiger partial charge in [0.15, 0.2) is 11.5 Å². The fraction of sp³-hybridized carbons (Fsp3) is 0.217. The number of hydrogen-bond acceptors (Lipinski definition) is 7. The number of hydrogen-bond donors (Lipinski definition) is 2. The Morgan fingerprint density at radius 1 is 1.03 bits per heavy atom. The van der Waals surface area contributed by atoms with Gasteiger partial charge in [-0.3, -0.25) is 24.1 Å². The van der Waals surface area contributed by atoms with Crippen molar-refractivity contribution in [2.75, 3.05) is 33.9 Å². The van der Waals surface area contributed by atoms with Crippen LogP contribution in [0.3, 0.4) is 0 Å². The molecular weight excluding hydrogens is 465 g/mol. The zero-order chi connectivity index (χ0) is 24.7. The van der Waals surface area contributed by atoms with Crippen LogP contribution in [-0.4, -0.2) is 61.7 Å². The molecule has 2 N–H and O–H groups in total. The predicted molar refractivity (Wildman–Crippen MR) is 124 cm³/mol. The Labute approximate surface area is 199 Å². The SMILES string of the molecule is COc1ccc(C(=O)NCC(=O)NCCN2C(=O)S/C(=C\c3ccc(F)cc3)C2=O)cc1OC. The fourth-order valence-corrected chi connectivity index (χ4v) is 3.88. The van der Waals surface area contributed by atoms with E-state index < -0.39 is 28.8 Å². The summed E-state index contributed by atoms with van der Waals surface area (Å²) in [7, 11) is 2.93. The predicted octanol–water partition coefficient (Wildman–Crippen LogP) is 2.43. The summed E-state index contributed by atoms with van der Waals surface area (Å²) in [4.78, 5) is 50.2. The van der Waals surface area contributed by atoms with Crippen LogP contribution in [0, 0.1) is 5.82 Å². The van der Waals surface area contributed by atoms with Crippen molar-refractivity contribution in [3.8, 4) is 11.5 Å². The lowest BCUT2D eigenvalue weighted by Gasteiger charge is -2.13. The molecule has 9 nitrogen and oxygen atoms in total. The number of amides is 4. The van der Waals surface area contributed by atoms with Gasteiger partial charge < -0.3 is 20.1 Å². The number of imide groups is 1. The van der Waals surface area contributed by atoms with Crippen LogP contribution in [0.1, 0.15) is 15.9 Å². The van der Waals surface area contributed by atoms with Crippen molar-refractivity contribution in [1.82, 2.24) is 15.5 Å². The standard InChI is InChI=1S/C23H22FN3O6S/c1-32-17-8-5-15(12-18(17)33-2)21(29)26-13-20(28)25-9-10-27-22(30)19(34-23(27)31)11-14-3-6-16(24)7-4-14/h3-8,11-12H,9-10,13H2,1-2H3,(H,25,28)(H,26,29)/b19-11-. The third-order valence-corrected chi connectivity index (χ3v) is 5.66. The van der Waals surface area contributed by atoms with Crippen LogP contribution in [-0.2, 0) is 9.59 Å². The van der Waals surface area contributed by atoms with Crippen molar-refractivity contribution >= 4 is 40.8 Å². The molecule has 34 heavy (non-hydrogen) atoms. The first kappa shape index (κ1) is 24.8. The van der Waals surface area contributed by atoms with Crippen LogP contribution < -0.4 is 20.1 Å². The van der Waals surface area contributed by atoms with E-state index >= 15 is 0 Å². The number of nitrogens with one attached hydrogen (secondary N) is 2. The number of halogens is 1. The molecule has 1 heterocycles. The average Bonchev–Trinajstić information content (AvgIpc) is 3.10. The summed E-state index contributed by atoms with van der Waals surface area (Å²) in [5.74, 6) is -1.01. The lowest BCUT2D eigenvalue weighted by molar-refractivity contribution is -0.124. The Balaban J connectivity index is 1.46. The van der Waals surface area contributed by atoms with Crippen LogP contribution in [0.2, 0.25) is 0 Å². The third-order valence-electron chi connectivity index (χ3n) is 4.75. The smallest absolute Gasteiger partial charge is 0.293 e. The molecule has 1 aliphatic heterocycles. The van der Waals surface area contributed by atoms with Gasteiger partial charge in [0.2, 0.25) is 5.91 Å². The normalized spacial score (nSPS) is 14.3. The minimum Gasteiger partial charge on any atom is -0.493 e. The number of ether oxygens (including phenoxy) is 2. The van der Waals surface area contributed by atoms with Crippen molar-refractivity contribution in [3.05, 3.63) is 64.3 Å². The Bertz CT molecular complexity index is 1140. The summed E-state index contributed by atoms with van der Waals surface area (Å²) < 4.78 is 23.3. The van der Waals surface area contributed by atoms with E-state index in [0.717, 1.165) is 16.7 Å². The molecule has 2 aromatic carbocycles. The second-order valence-electron chi connectivity index (χ2n) is 6.99. The monoisotopic (exact) mass is 487 g/mol. The number of carbonyl (C=O) groups is 4. The number of thioether (sulfide) groups is 1. The van der Waals surface area contributed by atoms with E-state index in [4.69, 9.17) is 9.47 Å². The summed E-state index contributed by atoms with van der Waals surface area (Å²) in [6.45, 7) is -0.298. The maximum atomic E-state index is 13.0. The van der Waals surface area contributed by atoms with Crippen molar-refractivity contribution in [2.24, 2.45) is 0 Å². The van der Waals surface area contributed by atoms with Crippen molar-refractivity contribution in [1.29, 1.82) is 0 Å². The van der Waals surface area contributed by atoms with Gasteiger partial charge in [-0.05, 0) is 53.7 Å². The van der Waals surface area contributed by atoms with Gasteiger partial charge in [-0.2, -0.15) is 0 Å². The number of benzene rings is 2. The Morgan fingerprint density at radius 2 is 1.74 bits per heavy atom. The molecule has 0 unspecified atom stereocenters. The van der Waals surface area contributed by atoms with Gasteiger partial charge in [0.25, 0.3) is 17.1 Å². The molecule has 1 aliphatic rings. The zero-order valence-corrected chi connectivity index (χ0v) is 19.2. The van der Waals surface area contributed by atoms with Crippen LogP contribution in [0.25, 0.3) is 6.08 Å². The molecule has 0 bridgehead atoms. The van der Waals surface area contributed by atoms with Gasteiger partial charge in [0.05, 0.1) is 25.7 Å². The molecule has 2 aromatic rings. The van der Waals surface area contributed by atoms with Gasteiger partial charge in [0.1, 0.15) is 5.82 Å². The molecular formula is C23H22FN3O6S. The fourth-order valence-electron chi connectivity index (χ4n) is 3.01. The first-order valence-electron chi connectivity index (χ1n) is 10.1. The topological polar surface area (TPSA) is 114 Å². The highest BCUT2D eigenvalue weighted by Crippen LogP contribution is 2.32. The molecule has 11 heteroatoms. The lowest BCUT2D eigenvalue weighted by atomic mass is 10.2. The molecule has 0 radical (unpaired) electrons. The van der Waals surface area contributed by atoms with E-state index in [0.29, 0.717) is 17.1 Å². The summed E-state index contributed by atoms with van der Waals surface area (Å²) in [6, 6.07) is 10.1. The quantitative estimate of drug-likeness (QED) is 0.522. The summed E-state index contributed by atoms with van der Waals surface area (Å²) in [5, 5.41) is 4.58. The van der Waals surface area contributed by atoms with Crippen molar-refractivity contribution in [2.45, 2.75) is 0 Å². The van der Waals surface area contributed by atoms with Gasteiger partial charge in [-0.1, -0.05) is 12.1 Å². The summed E-state index contributed by atoms with van der Waals surface area (Å²) in [5.41, 5.74) is 0.877. The van der Waals surface area contributed by atoms with Crippen LogP contribution >= 0.6 is 11.8 Å². The van der Waals surface area contributed by atoms with Gasteiger partial charge in [-0.25, -0.2) is 4.39 Å². The number of nitrogens with zero attached hydrogens (tertiary/aromatic N) is 1. The second kappa shape index (κ2) is 11.3. The molecule has 0 spiro atoms. The number of carbonyl (C=O) groups excluding carboxylic acids is 4. The van der Waals surface area contributed by atoms with Gasteiger partial charge in [-0.15, -0.1) is 0 Å². The van der Waals surface area contributed by atoms with Crippen LogP contribution in [0.4, 0.5) is 9.18 Å². The molecule has 0 saturated carbocycles. The van der Waals surface area contributed by atoms with Gasteiger partial charge >= 0.3 is 0 Å². The molecule has 4 amide bonds. The van der Waals surface area contributed by atoms with E-state index in [-0.39, 0.29) is 30.1 Å². The number of methoxy groups -OCH3 is 2. The zero-order valence-electron chi connectivity index (χ0n) is 18.4. The van der Waals surface area contributed by atoms with E-state index in [2.05, 4.69) is 10.6 Å². The van der Waals surface area contributed by atoms with Crippen LogP contribution in [0.5, 0.6) is 11.5 Å². The minimum absolute atomic E-state index is 0.0208. The molecule has 0 aromatic heterocycles. The number of rotatable bonds is 9. The summed E-state index contributed by atoms with van der Waals surface area (Å²) >= 11 is 0.773. The Morgan fingerprint density at radius 3 is 2.41 bits per heavy atom. The largest absolute Gasteiger partial charge is 0.493 e. The Hall–Kier alpha value is -3.86. The van der Waals surface area contributed by atoms with E-state index in [1.807, 2.05) is 0 Å². The molecule has 0 atom stereocenters. The lowest BCUT2D eigenvalue weighted by Crippen LogP contribution is -2.41. The molecule has 0 aliphatic carbocycles. The minimum atomic E-state index is -0.490. The molecule has 3 rings (SSSR count). The maximum Gasteiger partial charge on any atom is 0.293 e. The first-order valence-corrected chi connectivity index (χ1v) is 10.9. The molecule has 1 saturated heterocycles. The van der Waals surface area contributed by atoms with E-state index in [9.17, 15) is 23.6 Å². The highest BCUT2D eigenvalue weighted by Gasteiger charge is 2.34. The van der Waals surface area contributed by atoms with Crippen molar-refractivity contribution < 1.29 is 33.0 Å². The van der Waals surface area contributed by atoms with E-state index in [1.54, 1.807) is 6.07 Å². The highest BCUT2D eigenvalue weighted by molar-refractivity contribution is 8.18. The van der Waals surface area contributed by atoms with Gasteiger partial charge in [0, 0.05) is 18.7 Å². The average molecular weight is 488 g/mol. The van der Waals surface area contributed by atoms with Crippen LogP contribution in [0.15, 0.2) is 47.4 Å². The first-order chi connectivity index (χ1) is 16.3.